The summed E-state index contributed by atoms with van der Waals surface area (Å²) in [5.74, 6) is 4.54. The average Bonchev–Trinajstić information content (AvgIpc) is 2.83. The second-order valence-corrected chi connectivity index (χ2v) is 5.04. The van der Waals surface area contributed by atoms with Gasteiger partial charge in [-0.25, -0.2) is 4.39 Å². The molecule has 0 saturated carbocycles. The van der Waals surface area contributed by atoms with Crippen LogP contribution in [0, 0.1) is 24.6 Å². The molecule has 0 spiro atoms. The third-order valence-corrected chi connectivity index (χ3v) is 3.30. The molecule has 102 valence electrons. The maximum absolute atomic E-state index is 13.2. The molecule has 1 amide bonds. The van der Waals surface area contributed by atoms with Crippen LogP contribution in [0.3, 0.4) is 0 Å². The van der Waals surface area contributed by atoms with Crippen molar-refractivity contribution in [2.24, 2.45) is 0 Å². The van der Waals surface area contributed by atoms with E-state index in [1.807, 2.05) is 0 Å². The van der Waals surface area contributed by atoms with Crippen molar-refractivity contribution in [3.8, 4) is 11.8 Å². The van der Waals surface area contributed by atoms with Gasteiger partial charge in [0, 0.05) is 11.1 Å². The van der Waals surface area contributed by atoms with E-state index < -0.39 is 0 Å². The number of nitrogens with one attached hydrogen (secondary N) is 1. The van der Waals surface area contributed by atoms with Crippen LogP contribution in [0.15, 0.2) is 29.6 Å². The summed E-state index contributed by atoms with van der Waals surface area (Å²) in [4.78, 5) is 12.7. The van der Waals surface area contributed by atoms with Crippen molar-refractivity contribution < 1.29 is 14.3 Å². The van der Waals surface area contributed by atoms with Crippen LogP contribution < -0.4 is 5.32 Å². The smallest absolute Gasteiger partial charge is 0.256 e. The van der Waals surface area contributed by atoms with Crippen molar-refractivity contribution in [2.45, 2.75) is 6.92 Å². The Hall–Kier alpha value is -2.16. The minimum atomic E-state index is -0.389. The number of benzene rings is 1. The largest absolute Gasteiger partial charge is 0.384 e. The highest BCUT2D eigenvalue weighted by molar-refractivity contribution is 7.10. The number of carbonyl (C=O) groups is 1. The van der Waals surface area contributed by atoms with Gasteiger partial charge in [-0.15, -0.1) is 11.3 Å². The Balaban J connectivity index is 2.13. The molecule has 2 aromatic rings. The van der Waals surface area contributed by atoms with Crippen LogP contribution in [0.2, 0.25) is 0 Å². The summed E-state index contributed by atoms with van der Waals surface area (Å²) < 4.78 is 13.2. The fourth-order valence-corrected chi connectivity index (χ4v) is 2.41. The first-order valence-corrected chi connectivity index (χ1v) is 6.73. The van der Waals surface area contributed by atoms with Crippen molar-refractivity contribution in [1.82, 2.24) is 0 Å². The number of amides is 1. The standard InChI is InChI=1S/C15H12FNO2S/c1-10-5-12(16)8-13(6-10)17-15(19)11-7-14(20-9-11)3-2-4-18/h5-9,18H,4H2,1H3,(H,17,19). The molecule has 0 radical (unpaired) electrons. The second kappa shape index (κ2) is 6.33. The monoisotopic (exact) mass is 289 g/mol. The van der Waals surface area contributed by atoms with E-state index in [0.29, 0.717) is 16.1 Å². The molecule has 5 heteroatoms. The fourth-order valence-electron chi connectivity index (χ4n) is 1.66. The minimum absolute atomic E-state index is 0.220. The maximum Gasteiger partial charge on any atom is 0.256 e. The number of aliphatic hydroxyl groups is 1. The SMILES string of the molecule is Cc1cc(F)cc(NC(=O)c2csc(C#CCO)c2)c1. The molecule has 1 aromatic heterocycles. The molecule has 1 heterocycles. The van der Waals surface area contributed by atoms with Gasteiger partial charge >= 0.3 is 0 Å². The van der Waals surface area contributed by atoms with Gasteiger partial charge in [0.25, 0.3) is 5.91 Å². The highest BCUT2D eigenvalue weighted by Crippen LogP contribution is 2.17. The fraction of sp³-hybridized carbons (Fsp3) is 0.133. The van der Waals surface area contributed by atoms with Crippen LogP contribution in [0.4, 0.5) is 10.1 Å². The van der Waals surface area contributed by atoms with Gasteiger partial charge in [-0.05, 0) is 36.8 Å². The number of carbonyl (C=O) groups excluding carboxylic acids is 1. The zero-order valence-corrected chi connectivity index (χ0v) is 11.6. The van der Waals surface area contributed by atoms with E-state index in [1.54, 1.807) is 24.4 Å². The van der Waals surface area contributed by atoms with Crippen LogP contribution in [0.1, 0.15) is 20.8 Å². The van der Waals surface area contributed by atoms with Crippen LogP contribution in [-0.2, 0) is 0 Å². The number of aliphatic hydroxyl groups excluding tert-OH is 1. The topological polar surface area (TPSA) is 49.3 Å². The van der Waals surface area contributed by atoms with E-state index in [-0.39, 0.29) is 18.3 Å². The van der Waals surface area contributed by atoms with E-state index >= 15 is 0 Å². The zero-order chi connectivity index (χ0) is 14.5. The molecule has 0 bridgehead atoms. The number of thiophene rings is 1. The molecule has 0 unspecified atom stereocenters. The second-order valence-electron chi connectivity index (χ2n) is 4.13. The van der Waals surface area contributed by atoms with E-state index in [1.165, 1.54) is 23.5 Å². The van der Waals surface area contributed by atoms with Crippen molar-refractivity contribution in [3.63, 3.8) is 0 Å². The lowest BCUT2D eigenvalue weighted by atomic mass is 10.2. The summed E-state index contributed by atoms with van der Waals surface area (Å²) in [6, 6.07) is 5.99. The highest BCUT2D eigenvalue weighted by Gasteiger charge is 2.09. The third-order valence-electron chi connectivity index (χ3n) is 2.45. The van der Waals surface area contributed by atoms with E-state index in [2.05, 4.69) is 17.2 Å². The lowest BCUT2D eigenvalue weighted by Crippen LogP contribution is -2.11. The van der Waals surface area contributed by atoms with Crippen LogP contribution in [0.25, 0.3) is 0 Å². The molecule has 2 N–H and O–H groups in total. The summed E-state index contributed by atoms with van der Waals surface area (Å²) >= 11 is 1.32. The predicted octanol–water partition coefficient (Wildman–Crippen LogP) is 2.79. The molecule has 0 saturated heterocycles. The molecule has 3 nitrogen and oxygen atoms in total. The number of hydrogen-bond acceptors (Lipinski definition) is 3. The Bertz CT molecular complexity index is 677. The van der Waals surface area contributed by atoms with E-state index in [0.717, 1.165) is 5.56 Å². The summed E-state index contributed by atoms with van der Waals surface area (Å²) in [5, 5.41) is 12.9. The number of anilines is 1. The van der Waals surface area contributed by atoms with Gasteiger partial charge in [0.15, 0.2) is 0 Å². The third kappa shape index (κ3) is 3.67. The van der Waals surface area contributed by atoms with E-state index in [9.17, 15) is 9.18 Å². The first kappa shape index (κ1) is 14.3. The van der Waals surface area contributed by atoms with Gasteiger partial charge < -0.3 is 10.4 Å². The normalized spacial score (nSPS) is 9.75. The van der Waals surface area contributed by atoms with Gasteiger partial charge in [0.1, 0.15) is 12.4 Å². The summed E-state index contributed by atoms with van der Waals surface area (Å²) in [5.41, 5.74) is 1.61. The van der Waals surface area contributed by atoms with Crippen LogP contribution >= 0.6 is 11.3 Å². The minimum Gasteiger partial charge on any atom is -0.384 e. The summed E-state index contributed by atoms with van der Waals surface area (Å²) in [7, 11) is 0. The molecule has 20 heavy (non-hydrogen) atoms. The first-order chi connectivity index (χ1) is 9.58. The molecule has 1 aromatic carbocycles. The molecule has 2 rings (SSSR count). The molecule has 0 atom stereocenters. The lowest BCUT2D eigenvalue weighted by Gasteiger charge is -2.05. The van der Waals surface area contributed by atoms with Crippen LogP contribution in [-0.4, -0.2) is 17.6 Å². The van der Waals surface area contributed by atoms with Crippen molar-refractivity contribution in [3.05, 3.63) is 51.5 Å². The Morgan fingerprint density at radius 3 is 2.90 bits per heavy atom. The number of aryl methyl sites for hydroxylation is 1. The average molecular weight is 289 g/mol. The quantitative estimate of drug-likeness (QED) is 0.835. The van der Waals surface area contributed by atoms with Gasteiger partial charge in [-0.1, -0.05) is 11.8 Å². The van der Waals surface area contributed by atoms with Crippen molar-refractivity contribution in [2.75, 3.05) is 11.9 Å². The molecule has 0 aliphatic heterocycles. The number of hydrogen-bond donors (Lipinski definition) is 2. The van der Waals surface area contributed by atoms with Gasteiger partial charge in [-0.2, -0.15) is 0 Å². The van der Waals surface area contributed by atoms with Crippen LogP contribution in [0.5, 0.6) is 0 Å². The first-order valence-electron chi connectivity index (χ1n) is 5.85. The molecule has 0 aliphatic rings. The Labute approximate surface area is 120 Å². The van der Waals surface area contributed by atoms with Gasteiger partial charge in [-0.3, -0.25) is 4.79 Å². The Kier molecular flexibility index (Phi) is 4.51. The molecule has 0 aliphatic carbocycles. The van der Waals surface area contributed by atoms with Crippen molar-refractivity contribution in [1.29, 1.82) is 0 Å². The number of rotatable bonds is 2. The van der Waals surface area contributed by atoms with E-state index in [4.69, 9.17) is 5.11 Å². The van der Waals surface area contributed by atoms with Crippen molar-refractivity contribution >= 4 is 22.9 Å². The summed E-state index contributed by atoms with van der Waals surface area (Å²) in [6.07, 6.45) is 0. The number of halogens is 1. The van der Waals surface area contributed by atoms with Gasteiger partial charge in [0.05, 0.1) is 10.4 Å². The maximum atomic E-state index is 13.2. The predicted molar refractivity (Wildman–Crippen MR) is 77.4 cm³/mol. The Morgan fingerprint density at radius 1 is 1.40 bits per heavy atom. The highest BCUT2D eigenvalue weighted by atomic mass is 32.1. The summed E-state index contributed by atoms with van der Waals surface area (Å²) in [6.45, 7) is 1.54. The molecular formula is C15H12FNO2S. The zero-order valence-electron chi connectivity index (χ0n) is 10.7. The molecular weight excluding hydrogens is 277 g/mol. The van der Waals surface area contributed by atoms with Gasteiger partial charge in [0.2, 0.25) is 0 Å². The Morgan fingerprint density at radius 2 is 2.20 bits per heavy atom. The molecule has 0 fully saturated rings. The lowest BCUT2D eigenvalue weighted by molar-refractivity contribution is 0.102.